The molecule has 0 spiro atoms. The number of carbonyl (C=O) groups is 1. The number of ether oxygens (including phenoxy) is 1. The van der Waals surface area contributed by atoms with Crippen LogP contribution < -0.4 is 10.1 Å². The molecule has 2 aromatic rings. The molecule has 146 valence electrons. The predicted octanol–water partition coefficient (Wildman–Crippen LogP) is 4.94. The second-order valence-electron chi connectivity index (χ2n) is 6.42. The first-order valence-corrected chi connectivity index (χ1v) is 10.3. The summed E-state index contributed by atoms with van der Waals surface area (Å²) in [6.45, 7) is 3.96. The fourth-order valence-electron chi connectivity index (χ4n) is 2.54. The lowest BCUT2D eigenvalue weighted by Gasteiger charge is -2.08. The van der Waals surface area contributed by atoms with E-state index in [-0.39, 0.29) is 17.3 Å². The van der Waals surface area contributed by atoms with E-state index in [0.717, 1.165) is 16.9 Å². The molecule has 1 N–H and O–H groups in total. The Kier molecular flexibility index (Phi) is 6.99. The molecule has 28 heavy (non-hydrogen) atoms. The zero-order valence-corrected chi connectivity index (χ0v) is 17.7. The average Bonchev–Trinajstić information content (AvgIpc) is 2.99. The molecule has 0 aliphatic carbocycles. The minimum atomic E-state index is -0.322. The van der Waals surface area contributed by atoms with Gasteiger partial charge in [-0.2, -0.15) is 5.10 Å². The molecule has 2 aromatic carbocycles. The number of amidine groups is 1. The van der Waals surface area contributed by atoms with Gasteiger partial charge >= 0.3 is 0 Å². The van der Waals surface area contributed by atoms with Crippen molar-refractivity contribution >= 4 is 52.3 Å². The van der Waals surface area contributed by atoms with Crippen molar-refractivity contribution in [1.29, 1.82) is 0 Å². The Morgan fingerprint density at radius 2 is 1.96 bits per heavy atom. The van der Waals surface area contributed by atoms with Crippen LogP contribution in [0.2, 0.25) is 10.0 Å². The molecule has 1 unspecified atom stereocenters. The molecular weight excluding hydrogens is 417 g/mol. The summed E-state index contributed by atoms with van der Waals surface area (Å²) in [7, 11) is 0. The number of benzene rings is 2. The summed E-state index contributed by atoms with van der Waals surface area (Å²) in [5.41, 5.74) is 1.72. The van der Waals surface area contributed by atoms with E-state index in [2.05, 4.69) is 15.5 Å². The Bertz CT molecular complexity index is 914. The SMILES string of the molecule is CC(C)Oc1ccc(C=N/N=C2\NC(=O)C(Cc3cc(Cl)ccc3Cl)S2)cc1. The van der Waals surface area contributed by atoms with Crippen molar-refractivity contribution in [2.45, 2.75) is 31.6 Å². The first-order valence-electron chi connectivity index (χ1n) is 8.70. The van der Waals surface area contributed by atoms with Gasteiger partial charge in [0, 0.05) is 10.0 Å². The Hall–Kier alpha value is -2.02. The van der Waals surface area contributed by atoms with Crippen LogP contribution in [-0.2, 0) is 11.2 Å². The van der Waals surface area contributed by atoms with Gasteiger partial charge in [0.15, 0.2) is 5.17 Å². The van der Waals surface area contributed by atoms with Crippen LogP contribution in [0.3, 0.4) is 0 Å². The summed E-state index contributed by atoms with van der Waals surface area (Å²) in [4.78, 5) is 12.2. The van der Waals surface area contributed by atoms with Crippen LogP contribution in [0.4, 0.5) is 0 Å². The number of nitrogens with one attached hydrogen (secondary N) is 1. The van der Waals surface area contributed by atoms with E-state index >= 15 is 0 Å². The number of rotatable bonds is 6. The zero-order chi connectivity index (χ0) is 20.1. The van der Waals surface area contributed by atoms with Gasteiger partial charge in [-0.15, -0.1) is 5.10 Å². The van der Waals surface area contributed by atoms with Gasteiger partial charge in [-0.1, -0.05) is 35.0 Å². The standard InChI is InChI=1S/C20H19Cl2N3O2S/c1-12(2)27-16-6-3-13(4-7-16)11-23-25-20-24-19(26)18(28-20)10-14-9-15(21)5-8-17(14)22/h3-9,11-12,18H,10H2,1-2H3,(H,24,25,26). The van der Waals surface area contributed by atoms with Crippen molar-refractivity contribution < 1.29 is 9.53 Å². The Balaban J connectivity index is 1.60. The van der Waals surface area contributed by atoms with Gasteiger partial charge in [0.2, 0.25) is 5.91 Å². The van der Waals surface area contributed by atoms with Crippen LogP contribution in [0.25, 0.3) is 0 Å². The van der Waals surface area contributed by atoms with Gasteiger partial charge in [-0.05, 0) is 73.9 Å². The predicted molar refractivity (Wildman–Crippen MR) is 117 cm³/mol. The molecular formula is C20H19Cl2N3O2S. The Morgan fingerprint density at radius 1 is 1.21 bits per heavy atom. The average molecular weight is 436 g/mol. The van der Waals surface area contributed by atoms with E-state index in [9.17, 15) is 4.79 Å². The molecule has 1 amide bonds. The zero-order valence-electron chi connectivity index (χ0n) is 15.4. The topological polar surface area (TPSA) is 63.1 Å². The molecule has 3 rings (SSSR count). The van der Waals surface area contributed by atoms with Crippen LogP contribution in [0, 0.1) is 0 Å². The highest BCUT2D eigenvalue weighted by atomic mass is 35.5. The molecule has 0 aromatic heterocycles. The lowest BCUT2D eigenvalue weighted by atomic mass is 10.1. The quantitative estimate of drug-likeness (QED) is 0.515. The third kappa shape index (κ3) is 5.74. The van der Waals surface area contributed by atoms with Crippen molar-refractivity contribution in [3.8, 4) is 5.75 Å². The lowest BCUT2D eigenvalue weighted by molar-refractivity contribution is -0.118. The number of amides is 1. The Morgan fingerprint density at radius 3 is 2.68 bits per heavy atom. The summed E-state index contributed by atoms with van der Waals surface area (Å²) < 4.78 is 5.60. The molecule has 5 nitrogen and oxygen atoms in total. The highest BCUT2D eigenvalue weighted by Gasteiger charge is 2.31. The van der Waals surface area contributed by atoms with E-state index in [1.54, 1.807) is 24.4 Å². The van der Waals surface area contributed by atoms with Crippen LogP contribution >= 0.6 is 35.0 Å². The van der Waals surface area contributed by atoms with E-state index in [1.165, 1.54) is 11.8 Å². The Labute approximate surface area is 178 Å². The number of carbonyl (C=O) groups excluding carboxylic acids is 1. The van der Waals surface area contributed by atoms with E-state index in [1.807, 2.05) is 38.1 Å². The number of hydrogen-bond acceptors (Lipinski definition) is 5. The molecule has 1 aliphatic heterocycles. The summed E-state index contributed by atoms with van der Waals surface area (Å²) in [5.74, 6) is 0.685. The second-order valence-corrected chi connectivity index (χ2v) is 8.46. The molecule has 0 radical (unpaired) electrons. The lowest BCUT2D eigenvalue weighted by Crippen LogP contribution is -2.26. The third-order valence-corrected chi connectivity index (χ3v) is 5.47. The van der Waals surface area contributed by atoms with Gasteiger partial charge < -0.3 is 10.1 Å². The third-order valence-electron chi connectivity index (χ3n) is 3.80. The highest BCUT2D eigenvalue weighted by Crippen LogP contribution is 2.28. The largest absolute Gasteiger partial charge is 0.491 e. The van der Waals surface area contributed by atoms with Gasteiger partial charge in [0.1, 0.15) is 5.75 Å². The molecule has 0 bridgehead atoms. The van der Waals surface area contributed by atoms with Gasteiger partial charge in [0.05, 0.1) is 17.6 Å². The fraction of sp³-hybridized carbons (Fsp3) is 0.250. The minimum absolute atomic E-state index is 0.120. The summed E-state index contributed by atoms with van der Waals surface area (Å²) in [5, 5.41) is 12.2. The van der Waals surface area contributed by atoms with Crippen molar-refractivity contribution in [2.24, 2.45) is 10.2 Å². The normalized spacial score (nSPS) is 18.2. The molecule has 1 fully saturated rings. The number of halogens is 2. The second kappa shape index (κ2) is 9.45. The summed E-state index contributed by atoms with van der Waals surface area (Å²) in [6.07, 6.45) is 2.22. The van der Waals surface area contributed by atoms with E-state index in [0.29, 0.717) is 21.6 Å². The van der Waals surface area contributed by atoms with Crippen LogP contribution in [0.15, 0.2) is 52.7 Å². The smallest absolute Gasteiger partial charge is 0.239 e. The molecule has 8 heteroatoms. The molecule has 1 aliphatic rings. The van der Waals surface area contributed by atoms with Gasteiger partial charge in [-0.25, -0.2) is 0 Å². The first kappa shape index (κ1) is 20.7. The van der Waals surface area contributed by atoms with Crippen LogP contribution in [-0.4, -0.2) is 28.6 Å². The van der Waals surface area contributed by atoms with E-state index in [4.69, 9.17) is 27.9 Å². The minimum Gasteiger partial charge on any atom is -0.491 e. The first-order chi connectivity index (χ1) is 13.4. The van der Waals surface area contributed by atoms with Crippen molar-refractivity contribution in [1.82, 2.24) is 5.32 Å². The van der Waals surface area contributed by atoms with Crippen LogP contribution in [0.5, 0.6) is 5.75 Å². The number of hydrogen-bond donors (Lipinski definition) is 1. The van der Waals surface area contributed by atoms with Gasteiger partial charge in [0.25, 0.3) is 0 Å². The molecule has 1 heterocycles. The maximum atomic E-state index is 12.2. The van der Waals surface area contributed by atoms with Gasteiger partial charge in [-0.3, -0.25) is 4.79 Å². The fourth-order valence-corrected chi connectivity index (χ4v) is 3.88. The van der Waals surface area contributed by atoms with Crippen molar-refractivity contribution in [2.75, 3.05) is 0 Å². The summed E-state index contributed by atoms with van der Waals surface area (Å²) >= 11 is 13.5. The summed E-state index contributed by atoms with van der Waals surface area (Å²) in [6, 6.07) is 12.8. The maximum Gasteiger partial charge on any atom is 0.239 e. The highest BCUT2D eigenvalue weighted by molar-refractivity contribution is 8.15. The maximum absolute atomic E-state index is 12.2. The monoisotopic (exact) mass is 435 g/mol. The number of nitrogens with zero attached hydrogens (tertiary/aromatic N) is 2. The molecule has 0 saturated carbocycles. The van der Waals surface area contributed by atoms with Crippen molar-refractivity contribution in [3.05, 3.63) is 63.6 Å². The molecule has 1 atom stereocenters. The number of thioether (sulfide) groups is 1. The van der Waals surface area contributed by atoms with Crippen LogP contribution in [0.1, 0.15) is 25.0 Å². The van der Waals surface area contributed by atoms with E-state index < -0.39 is 0 Å². The van der Waals surface area contributed by atoms with Crippen molar-refractivity contribution in [3.63, 3.8) is 0 Å². The molecule has 1 saturated heterocycles.